The van der Waals surface area contributed by atoms with Gasteiger partial charge in [-0.15, -0.1) is 11.3 Å². The summed E-state index contributed by atoms with van der Waals surface area (Å²) in [6.45, 7) is 0. The highest BCUT2D eigenvalue weighted by Crippen LogP contribution is 2.32. The molecule has 1 aromatic carbocycles. The van der Waals surface area contributed by atoms with Crippen molar-refractivity contribution in [3.8, 4) is 10.6 Å². The number of nitrogens with zero attached hydrogens (tertiary/aromatic N) is 2. The fourth-order valence-corrected chi connectivity index (χ4v) is 3.02. The van der Waals surface area contributed by atoms with Crippen molar-refractivity contribution >= 4 is 51.4 Å². The summed E-state index contributed by atoms with van der Waals surface area (Å²) in [6.07, 6.45) is 1.63. The van der Waals surface area contributed by atoms with E-state index in [0.717, 1.165) is 4.88 Å². The molecule has 0 saturated carbocycles. The normalized spacial score (nSPS) is 10.9. The SMILES string of the molecule is O=C(O)c1cc(-c2cncs2)nc2c(Cl)cc(Cl)cc12. The van der Waals surface area contributed by atoms with Gasteiger partial charge in [0.2, 0.25) is 0 Å². The zero-order valence-corrected chi connectivity index (χ0v) is 12.1. The van der Waals surface area contributed by atoms with E-state index < -0.39 is 5.97 Å². The lowest BCUT2D eigenvalue weighted by atomic mass is 10.1. The molecular weight excluding hydrogens is 319 g/mol. The average molecular weight is 325 g/mol. The van der Waals surface area contributed by atoms with E-state index in [2.05, 4.69) is 9.97 Å². The predicted molar refractivity (Wildman–Crippen MR) is 79.8 cm³/mol. The van der Waals surface area contributed by atoms with Gasteiger partial charge in [-0.1, -0.05) is 23.2 Å². The average Bonchev–Trinajstić information content (AvgIpc) is 2.91. The number of pyridine rings is 1. The summed E-state index contributed by atoms with van der Waals surface area (Å²) in [6, 6.07) is 4.60. The van der Waals surface area contributed by atoms with Crippen molar-refractivity contribution < 1.29 is 9.90 Å². The van der Waals surface area contributed by atoms with Crippen LogP contribution in [-0.4, -0.2) is 21.0 Å². The summed E-state index contributed by atoms with van der Waals surface area (Å²) in [4.78, 5) is 20.6. The van der Waals surface area contributed by atoms with Crippen molar-refractivity contribution in [2.24, 2.45) is 0 Å². The van der Waals surface area contributed by atoms with Gasteiger partial charge >= 0.3 is 5.97 Å². The third-order valence-electron chi connectivity index (χ3n) is 2.75. The van der Waals surface area contributed by atoms with Crippen LogP contribution < -0.4 is 0 Å². The Kier molecular flexibility index (Phi) is 3.33. The first-order chi connectivity index (χ1) is 9.56. The van der Waals surface area contributed by atoms with Crippen LogP contribution in [0.4, 0.5) is 0 Å². The van der Waals surface area contributed by atoms with Crippen molar-refractivity contribution in [2.45, 2.75) is 0 Å². The molecule has 0 aliphatic rings. The number of benzene rings is 1. The number of hydrogen-bond acceptors (Lipinski definition) is 4. The van der Waals surface area contributed by atoms with Crippen LogP contribution in [0.25, 0.3) is 21.5 Å². The third kappa shape index (κ3) is 2.24. The zero-order valence-electron chi connectivity index (χ0n) is 9.80. The van der Waals surface area contributed by atoms with Crippen molar-refractivity contribution in [1.82, 2.24) is 9.97 Å². The third-order valence-corrected chi connectivity index (χ3v) is 4.05. The summed E-state index contributed by atoms with van der Waals surface area (Å²) in [5, 5.41) is 10.5. The highest BCUT2D eigenvalue weighted by molar-refractivity contribution is 7.13. The molecule has 0 fully saturated rings. The number of carbonyl (C=O) groups is 1. The maximum atomic E-state index is 11.4. The van der Waals surface area contributed by atoms with E-state index in [-0.39, 0.29) is 5.56 Å². The van der Waals surface area contributed by atoms with Gasteiger partial charge in [-0.3, -0.25) is 4.98 Å². The topological polar surface area (TPSA) is 63.1 Å². The lowest BCUT2D eigenvalue weighted by Crippen LogP contribution is -2.00. The van der Waals surface area contributed by atoms with Gasteiger partial charge in [-0.05, 0) is 18.2 Å². The molecule has 0 aliphatic heterocycles. The number of halogens is 2. The van der Waals surface area contributed by atoms with E-state index in [4.69, 9.17) is 23.2 Å². The largest absolute Gasteiger partial charge is 0.478 e. The van der Waals surface area contributed by atoms with E-state index in [1.807, 2.05) is 0 Å². The maximum Gasteiger partial charge on any atom is 0.336 e. The molecule has 0 spiro atoms. The summed E-state index contributed by atoms with van der Waals surface area (Å²) in [7, 11) is 0. The Hall–Kier alpha value is -1.69. The van der Waals surface area contributed by atoms with Gasteiger partial charge in [0.1, 0.15) is 0 Å². The minimum absolute atomic E-state index is 0.114. The molecule has 0 bridgehead atoms. The van der Waals surface area contributed by atoms with Gasteiger partial charge in [0.15, 0.2) is 0 Å². The van der Waals surface area contributed by atoms with Gasteiger partial charge < -0.3 is 5.11 Å². The number of fused-ring (bicyclic) bond motifs is 1. The van der Waals surface area contributed by atoms with Crippen molar-refractivity contribution in [2.75, 3.05) is 0 Å². The van der Waals surface area contributed by atoms with Crippen LogP contribution >= 0.6 is 34.5 Å². The number of thiazole rings is 1. The molecule has 2 aromatic heterocycles. The predicted octanol–water partition coefficient (Wildman–Crippen LogP) is 4.36. The highest BCUT2D eigenvalue weighted by atomic mass is 35.5. The zero-order chi connectivity index (χ0) is 14.3. The van der Waals surface area contributed by atoms with Crippen molar-refractivity contribution in [3.05, 3.63) is 45.5 Å². The monoisotopic (exact) mass is 324 g/mol. The molecule has 0 saturated heterocycles. The molecule has 0 amide bonds. The van der Waals surface area contributed by atoms with Crippen LogP contribution in [0.3, 0.4) is 0 Å². The van der Waals surface area contributed by atoms with E-state index in [1.54, 1.807) is 23.8 Å². The fraction of sp³-hybridized carbons (Fsp3) is 0. The number of carboxylic acid groups (broad SMARTS) is 1. The molecule has 1 N–H and O–H groups in total. The van der Waals surface area contributed by atoms with Crippen molar-refractivity contribution in [3.63, 3.8) is 0 Å². The van der Waals surface area contributed by atoms with Crippen molar-refractivity contribution in [1.29, 1.82) is 0 Å². The Labute approximate surface area is 127 Å². The van der Waals surface area contributed by atoms with Gasteiger partial charge in [0, 0.05) is 16.6 Å². The Morgan fingerprint density at radius 2 is 2.05 bits per heavy atom. The van der Waals surface area contributed by atoms with E-state index in [1.165, 1.54) is 17.4 Å². The van der Waals surface area contributed by atoms with Crippen LogP contribution in [0.5, 0.6) is 0 Å². The van der Waals surface area contributed by atoms with E-state index in [9.17, 15) is 9.90 Å². The molecular formula is C13H6Cl2N2O2S. The Balaban J connectivity index is 2.40. The summed E-state index contributed by atoms with van der Waals surface area (Å²) in [5.41, 5.74) is 2.72. The first kappa shape index (κ1) is 13.3. The number of aromatic carboxylic acids is 1. The first-order valence-corrected chi connectivity index (χ1v) is 7.12. The molecule has 2 heterocycles. The lowest BCUT2D eigenvalue weighted by molar-refractivity contribution is 0.0699. The molecule has 4 nitrogen and oxygen atoms in total. The Bertz CT molecular complexity index is 819. The molecule has 0 radical (unpaired) electrons. The minimum atomic E-state index is -1.05. The number of hydrogen-bond donors (Lipinski definition) is 1. The summed E-state index contributed by atoms with van der Waals surface area (Å²) in [5.74, 6) is -1.05. The number of carboxylic acids is 1. The second kappa shape index (κ2) is 5.01. The fourth-order valence-electron chi connectivity index (χ4n) is 1.90. The Morgan fingerprint density at radius 1 is 1.25 bits per heavy atom. The number of rotatable bonds is 2. The maximum absolute atomic E-state index is 11.4. The van der Waals surface area contributed by atoms with Crippen LogP contribution in [0.15, 0.2) is 29.9 Å². The van der Waals surface area contributed by atoms with E-state index >= 15 is 0 Å². The van der Waals surface area contributed by atoms with Gasteiger partial charge in [-0.25, -0.2) is 9.78 Å². The smallest absolute Gasteiger partial charge is 0.336 e. The summed E-state index contributed by atoms with van der Waals surface area (Å²) >= 11 is 13.4. The van der Waals surface area contributed by atoms with Crippen LogP contribution in [0, 0.1) is 0 Å². The molecule has 0 unspecified atom stereocenters. The highest BCUT2D eigenvalue weighted by Gasteiger charge is 2.16. The Morgan fingerprint density at radius 3 is 2.70 bits per heavy atom. The second-order valence-electron chi connectivity index (χ2n) is 4.01. The van der Waals surface area contributed by atoms with Gasteiger partial charge in [-0.2, -0.15) is 0 Å². The summed E-state index contributed by atoms with van der Waals surface area (Å²) < 4.78 is 0. The van der Waals surface area contributed by atoms with Crippen LogP contribution in [0.2, 0.25) is 10.0 Å². The van der Waals surface area contributed by atoms with Gasteiger partial charge in [0.05, 0.1) is 32.2 Å². The molecule has 3 rings (SSSR count). The molecule has 100 valence electrons. The quantitative estimate of drug-likeness (QED) is 0.760. The van der Waals surface area contributed by atoms with Crippen LogP contribution in [0.1, 0.15) is 10.4 Å². The standard InChI is InChI=1S/C13H6Cl2N2O2S/c14-6-1-7-8(13(18)19)3-10(11-4-16-5-20-11)17-12(7)9(15)2-6/h1-5H,(H,18,19). The first-order valence-electron chi connectivity index (χ1n) is 5.48. The molecule has 20 heavy (non-hydrogen) atoms. The lowest BCUT2D eigenvalue weighted by Gasteiger charge is -2.07. The molecule has 7 heteroatoms. The molecule has 0 atom stereocenters. The molecule has 0 aliphatic carbocycles. The molecule has 3 aromatic rings. The van der Waals surface area contributed by atoms with Crippen LogP contribution in [-0.2, 0) is 0 Å². The number of aromatic nitrogens is 2. The van der Waals surface area contributed by atoms with Gasteiger partial charge in [0.25, 0.3) is 0 Å². The minimum Gasteiger partial charge on any atom is -0.478 e. The second-order valence-corrected chi connectivity index (χ2v) is 5.74. The van der Waals surface area contributed by atoms with E-state index in [0.29, 0.717) is 26.6 Å².